The molecule has 2 amide bonds. The molecule has 0 unspecified atom stereocenters. The highest BCUT2D eigenvalue weighted by atomic mass is 32.2. The Balaban J connectivity index is 1.33. The zero-order valence-corrected chi connectivity index (χ0v) is 25.1. The van der Waals surface area contributed by atoms with Gasteiger partial charge in [0.2, 0.25) is 0 Å². The summed E-state index contributed by atoms with van der Waals surface area (Å²) in [5.74, 6) is -0.324. The number of aryl methyl sites for hydroxylation is 1. The van der Waals surface area contributed by atoms with Gasteiger partial charge in [0.25, 0.3) is 21.8 Å². The number of hydrogen-bond donors (Lipinski definition) is 2. The van der Waals surface area contributed by atoms with E-state index in [4.69, 9.17) is 9.47 Å². The third-order valence-corrected chi connectivity index (χ3v) is 8.99. The maximum absolute atomic E-state index is 13.5. The van der Waals surface area contributed by atoms with Crippen molar-refractivity contribution in [2.24, 2.45) is 5.10 Å². The van der Waals surface area contributed by atoms with Crippen molar-refractivity contribution in [1.82, 2.24) is 10.7 Å². The molecule has 3 aromatic carbocycles. The number of hydrazone groups is 1. The van der Waals surface area contributed by atoms with Crippen LogP contribution in [0.15, 0.2) is 87.7 Å². The maximum atomic E-state index is 13.5. The van der Waals surface area contributed by atoms with Gasteiger partial charge >= 0.3 is 0 Å². The second kappa shape index (κ2) is 14.9. The summed E-state index contributed by atoms with van der Waals surface area (Å²) in [7, 11) is -4.03. The first kappa shape index (κ1) is 31.1. The van der Waals surface area contributed by atoms with Crippen molar-refractivity contribution in [3.63, 3.8) is 0 Å². The number of anilines is 1. The minimum atomic E-state index is -4.03. The van der Waals surface area contributed by atoms with E-state index < -0.39 is 22.5 Å². The number of ether oxygens (including phenoxy) is 2. The molecular weight excluding hydrogens is 576 g/mol. The Morgan fingerprint density at radius 2 is 1.76 bits per heavy atom. The molecule has 0 aliphatic carbocycles. The fourth-order valence-electron chi connectivity index (χ4n) is 4.13. The number of rotatable bonds is 13. The molecule has 0 spiro atoms. The van der Waals surface area contributed by atoms with Gasteiger partial charge in [-0.15, -0.1) is 11.8 Å². The summed E-state index contributed by atoms with van der Waals surface area (Å²) < 4.78 is 39.1. The lowest BCUT2D eigenvalue weighted by Crippen LogP contribution is -2.39. The Bertz CT molecular complexity index is 1470. The van der Waals surface area contributed by atoms with E-state index in [0.29, 0.717) is 23.5 Å². The average Bonchev–Trinajstić information content (AvgIpc) is 3.53. The van der Waals surface area contributed by atoms with Gasteiger partial charge in [0.15, 0.2) is 6.61 Å². The second-order valence-electron chi connectivity index (χ2n) is 9.61. The van der Waals surface area contributed by atoms with Crippen LogP contribution in [-0.4, -0.2) is 65.1 Å². The first-order valence-electron chi connectivity index (χ1n) is 13.4. The van der Waals surface area contributed by atoms with Crippen LogP contribution in [0.1, 0.15) is 24.0 Å². The van der Waals surface area contributed by atoms with E-state index in [0.717, 1.165) is 34.2 Å². The molecule has 1 aliphatic rings. The molecule has 4 rings (SSSR count). The van der Waals surface area contributed by atoms with Crippen molar-refractivity contribution in [2.45, 2.75) is 35.7 Å². The zero-order valence-electron chi connectivity index (χ0n) is 23.5. The fraction of sp³-hybridized carbons (Fsp3) is 0.300. The van der Waals surface area contributed by atoms with Crippen molar-refractivity contribution < 1.29 is 27.5 Å². The van der Waals surface area contributed by atoms with Gasteiger partial charge in [-0.05, 0) is 92.2 Å². The van der Waals surface area contributed by atoms with Gasteiger partial charge in [-0.3, -0.25) is 13.9 Å². The molecule has 10 nitrogen and oxygen atoms in total. The number of hydrogen-bond acceptors (Lipinski definition) is 8. The van der Waals surface area contributed by atoms with E-state index in [1.54, 1.807) is 60.7 Å². The predicted octanol–water partition coefficient (Wildman–Crippen LogP) is 3.74. The minimum Gasteiger partial charge on any atom is -0.484 e. The average molecular weight is 611 g/mol. The summed E-state index contributed by atoms with van der Waals surface area (Å²) in [5, 5.41) is 6.78. The quantitative estimate of drug-likeness (QED) is 0.172. The number of carbonyl (C=O) groups excluding carboxylic acids is 2. The van der Waals surface area contributed by atoms with Gasteiger partial charge in [-0.1, -0.05) is 17.7 Å². The molecule has 1 heterocycles. The molecule has 0 bridgehead atoms. The maximum Gasteiger partial charge on any atom is 0.264 e. The molecule has 0 radical (unpaired) electrons. The monoisotopic (exact) mass is 610 g/mol. The van der Waals surface area contributed by atoms with Gasteiger partial charge in [0.1, 0.15) is 12.3 Å². The lowest BCUT2D eigenvalue weighted by molar-refractivity contribution is -0.123. The Morgan fingerprint density at radius 3 is 2.40 bits per heavy atom. The van der Waals surface area contributed by atoms with Crippen LogP contribution in [0, 0.1) is 6.92 Å². The number of sulfonamides is 1. The van der Waals surface area contributed by atoms with Crippen LogP contribution in [0.2, 0.25) is 0 Å². The Kier molecular flexibility index (Phi) is 11.0. The highest BCUT2D eigenvalue weighted by Crippen LogP contribution is 2.25. The molecule has 2 N–H and O–H groups in total. The van der Waals surface area contributed by atoms with E-state index in [1.165, 1.54) is 30.1 Å². The van der Waals surface area contributed by atoms with E-state index in [2.05, 4.69) is 15.8 Å². The number of benzene rings is 3. The molecule has 222 valence electrons. The topological polar surface area (TPSA) is 126 Å². The Hall–Kier alpha value is -3.87. The third kappa shape index (κ3) is 8.81. The first-order valence-corrected chi connectivity index (χ1v) is 16.1. The first-order chi connectivity index (χ1) is 20.2. The van der Waals surface area contributed by atoms with Gasteiger partial charge in [-0.25, -0.2) is 13.8 Å². The van der Waals surface area contributed by atoms with Crippen LogP contribution in [0.25, 0.3) is 0 Å². The van der Waals surface area contributed by atoms with E-state index in [-0.39, 0.29) is 23.5 Å². The Labute approximate surface area is 250 Å². The van der Waals surface area contributed by atoms with Gasteiger partial charge in [-0.2, -0.15) is 5.10 Å². The smallest absolute Gasteiger partial charge is 0.264 e. The lowest BCUT2D eigenvalue weighted by atomic mass is 10.2. The van der Waals surface area contributed by atoms with Crippen molar-refractivity contribution >= 4 is 45.5 Å². The van der Waals surface area contributed by atoms with Crippen LogP contribution in [0.3, 0.4) is 0 Å². The third-order valence-electron chi connectivity index (χ3n) is 6.46. The summed E-state index contributed by atoms with van der Waals surface area (Å²) in [6, 6.07) is 20.2. The van der Waals surface area contributed by atoms with Crippen LogP contribution in [0.5, 0.6) is 5.75 Å². The number of nitrogens with zero attached hydrogens (tertiary/aromatic N) is 2. The minimum absolute atomic E-state index is 0.0697. The normalized spacial score (nSPS) is 15.0. The highest BCUT2D eigenvalue weighted by molar-refractivity contribution is 7.98. The second-order valence-corrected chi connectivity index (χ2v) is 12.4. The summed E-state index contributed by atoms with van der Waals surface area (Å²) in [6.45, 7) is 2.53. The van der Waals surface area contributed by atoms with Crippen LogP contribution in [-0.2, 0) is 24.3 Å². The molecule has 3 aromatic rings. The number of amides is 2. The predicted molar refractivity (Wildman–Crippen MR) is 164 cm³/mol. The molecule has 1 fully saturated rings. The number of carbonyl (C=O) groups is 2. The molecule has 42 heavy (non-hydrogen) atoms. The molecule has 1 saturated heterocycles. The highest BCUT2D eigenvalue weighted by Gasteiger charge is 2.27. The fourth-order valence-corrected chi connectivity index (χ4v) is 5.96. The van der Waals surface area contributed by atoms with Crippen LogP contribution in [0.4, 0.5) is 5.69 Å². The van der Waals surface area contributed by atoms with E-state index >= 15 is 0 Å². The van der Waals surface area contributed by atoms with E-state index in [9.17, 15) is 18.0 Å². The number of thioether (sulfide) groups is 1. The molecule has 12 heteroatoms. The van der Waals surface area contributed by atoms with Crippen molar-refractivity contribution in [3.8, 4) is 5.75 Å². The molecular formula is C30H34N4O6S2. The molecule has 0 saturated carbocycles. The van der Waals surface area contributed by atoms with Crippen LogP contribution >= 0.6 is 11.8 Å². The molecule has 1 aliphatic heterocycles. The lowest BCUT2D eigenvalue weighted by Gasteiger charge is -2.24. The van der Waals surface area contributed by atoms with Gasteiger partial charge in [0.05, 0.1) is 22.9 Å². The van der Waals surface area contributed by atoms with Crippen LogP contribution < -0.4 is 19.8 Å². The van der Waals surface area contributed by atoms with Crippen molar-refractivity contribution in [1.29, 1.82) is 0 Å². The SMILES string of the molecule is CSc1ccc(S(=O)(=O)N(CC(=O)N/N=C\c2ccc(OCC(=O)NC[C@H]3CCCO3)cc2)c2ccc(C)cc2)cc1. The summed E-state index contributed by atoms with van der Waals surface area (Å²) in [6.07, 6.45) is 5.37. The summed E-state index contributed by atoms with van der Waals surface area (Å²) in [4.78, 5) is 25.8. The van der Waals surface area contributed by atoms with E-state index in [1.807, 2.05) is 13.2 Å². The molecule has 0 aromatic heterocycles. The zero-order chi connectivity index (χ0) is 30.0. The molecule has 1 atom stereocenters. The van der Waals surface area contributed by atoms with Gasteiger partial charge in [0, 0.05) is 18.0 Å². The number of nitrogens with one attached hydrogen (secondary N) is 2. The standard InChI is InChI=1S/C30H34N4O6S2/c1-22-5-9-24(10-6-22)34(42(37,38)28-15-13-27(41-2)14-16-28)20-29(35)33-32-18-23-7-11-25(12-8-23)40-21-30(36)31-19-26-4-3-17-39-26/h5-16,18,26H,3-4,17,19-21H2,1-2H3,(H,31,36)(H,33,35)/b32-18-/t26-/m1/s1. The summed E-state index contributed by atoms with van der Waals surface area (Å²) >= 11 is 1.51. The van der Waals surface area contributed by atoms with Crippen molar-refractivity contribution in [2.75, 3.05) is 36.9 Å². The summed E-state index contributed by atoms with van der Waals surface area (Å²) in [5.41, 5.74) is 4.40. The van der Waals surface area contributed by atoms with Crippen molar-refractivity contribution in [3.05, 3.63) is 83.9 Å². The van der Waals surface area contributed by atoms with Gasteiger partial charge < -0.3 is 14.8 Å². The Morgan fingerprint density at radius 1 is 1.05 bits per heavy atom. The largest absolute Gasteiger partial charge is 0.484 e.